The average molecular weight is 1970 g/mol. The van der Waals surface area contributed by atoms with E-state index in [1.807, 2.05) is 326 Å². The van der Waals surface area contributed by atoms with Gasteiger partial charge in [-0.3, -0.25) is 63.1 Å². The number of ether oxygens (including phenoxy) is 6. The quantitative estimate of drug-likeness (QED) is 0.0395. The lowest BCUT2D eigenvalue weighted by Crippen LogP contribution is -2.32. The number of nitrogens with two attached hydrogens (primary N) is 1. The van der Waals surface area contributed by atoms with Gasteiger partial charge in [0, 0.05) is 114 Å². The number of ketones is 9. The van der Waals surface area contributed by atoms with Crippen LogP contribution in [0.2, 0.25) is 0 Å². The minimum Gasteiger partial charge on any atom is -0.381 e. The molecule has 10 rings (SSSR count). The molecule has 0 radical (unpaired) electrons. The fraction of sp³-hybridized carbons (Fsp3) is 0.439. The van der Waals surface area contributed by atoms with Crippen LogP contribution in [0.25, 0.3) is 10.8 Å². The maximum Gasteiger partial charge on any atom is 0.171 e. The minimum atomic E-state index is -1.08. The molecule has 6 aromatic carbocycles. The predicted octanol–water partition coefficient (Wildman–Crippen LogP) is 24.0. The highest BCUT2D eigenvalue weighted by Crippen LogP contribution is 2.29. The Balaban J connectivity index is 0.000000548. The van der Waals surface area contributed by atoms with Gasteiger partial charge >= 0.3 is 0 Å². The van der Waals surface area contributed by atoms with E-state index in [0.717, 1.165) is 78.4 Å². The summed E-state index contributed by atoms with van der Waals surface area (Å²) >= 11 is 0. The summed E-state index contributed by atoms with van der Waals surface area (Å²) in [6.45, 7) is 60.5. The zero-order chi connectivity index (χ0) is 109. The summed E-state index contributed by atoms with van der Waals surface area (Å²) in [5.74, 6) is 8.41. The van der Waals surface area contributed by atoms with Gasteiger partial charge in [-0.05, 0) is 155 Å². The Morgan fingerprint density at radius 3 is 0.951 bits per heavy atom. The number of fused-ring (bicyclic) bond motifs is 1. The molecule has 0 saturated carbocycles. The Morgan fingerprint density at radius 1 is 0.292 bits per heavy atom. The summed E-state index contributed by atoms with van der Waals surface area (Å²) in [6.07, 6.45) is 22.2. The number of hydrogen-bond acceptors (Lipinski definition) is 21. The Hall–Kier alpha value is -12.4. The molecule has 0 saturated heterocycles. The molecule has 0 bridgehead atoms. The van der Waals surface area contributed by atoms with Crippen molar-refractivity contribution in [1.29, 1.82) is 0 Å². The van der Waals surface area contributed by atoms with Gasteiger partial charge in [0.15, 0.2) is 46.3 Å². The zero-order valence-electron chi connectivity index (χ0n) is 91.4. The summed E-state index contributed by atoms with van der Waals surface area (Å²) in [4.78, 5) is 122. The number of aliphatic hydroxyl groups is 1. The molecule has 144 heavy (non-hydrogen) atoms. The van der Waals surface area contributed by atoms with Gasteiger partial charge in [-0.2, -0.15) is 0 Å². The Kier molecular flexibility index (Phi) is 54.6. The second kappa shape index (κ2) is 61.6. The number of aromatic nitrogens is 4. The first-order chi connectivity index (χ1) is 66.8. The first kappa shape index (κ1) is 128. The molecule has 774 valence electrons. The van der Waals surface area contributed by atoms with Crippen molar-refractivity contribution in [2.45, 2.75) is 266 Å². The van der Waals surface area contributed by atoms with E-state index >= 15 is 0 Å². The Morgan fingerprint density at radius 2 is 0.611 bits per heavy atom. The van der Waals surface area contributed by atoms with E-state index in [1.54, 1.807) is 82.0 Å². The molecule has 21 heteroatoms. The second-order valence-electron chi connectivity index (χ2n) is 44.2. The fourth-order valence-corrected chi connectivity index (χ4v) is 11.1. The summed E-state index contributed by atoms with van der Waals surface area (Å²) < 4.78 is 32.2. The minimum absolute atomic E-state index is 0.0287. The van der Waals surface area contributed by atoms with Crippen molar-refractivity contribution in [3.63, 3.8) is 0 Å². The topological polar surface area (TPSA) is 307 Å². The standard InChI is InChI=1S/C16H18O.C15H18O2.C14H17NO.C14H16O2.3C13H19NO2.C13H18O2.C12H17NO2/c1-16(2,3)15(17)11-12-8-9-13-6-4-5-7-14(13)10-12;1-5-12-6-8-13(9-7-12)10-17-11-14(16)15(2,3)4;2*1-5-10-6-8-11(9-7-10)12(15)13(16)14(2,3)4;2*1-10-7-11(5-6-14-10)8-16-9-12(15)13(2,3)4;1-10-5-6-11(7-14-10)8-16-9-12(15)13(2,3)4;1-13(2,3)12(14)10-15-9-11-7-5-4-6-8-11;1-12(2,3)11(14)9-15-8-10-6-4-5-7-13-10/h4-10H,11H2,1-3H3;1,6-9H,10-11H2,2-4H3;1,6-9,12H,15H2,2-4H3;1,6-9,12,15H,2-4H3;3*5-7H,8-9H2,1-4H3;4-8H,9-10H2,1-3H3;4-7H,8-9H2,1-3H3. The van der Waals surface area contributed by atoms with Gasteiger partial charge in [0.2, 0.25) is 0 Å². The number of carbonyl (C=O) groups is 9. The Bertz CT molecular complexity index is 5540. The highest BCUT2D eigenvalue weighted by molar-refractivity contribution is 5.91. The number of rotatable bonds is 30. The first-order valence-corrected chi connectivity index (χ1v) is 48.4. The van der Waals surface area contributed by atoms with Crippen LogP contribution in [0.3, 0.4) is 0 Å². The van der Waals surface area contributed by atoms with Gasteiger partial charge in [-0.25, -0.2) is 0 Å². The molecule has 0 aliphatic heterocycles. The van der Waals surface area contributed by atoms with Crippen molar-refractivity contribution in [3.05, 3.63) is 309 Å². The average Bonchev–Trinajstić information content (AvgIpc) is 0.808. The van der Waals surface area contributed by atoms with Crippen LogP contribution in [-0.4, -0.2) is 117 Å². The van der Waals surface area contributed by atoms with Crippen LogP contribution >= 0.6 is 0 Å². The van der Waals surface area contributed by atoms with E-state index in [9.17, 15) is 48.3 Å². The summed E-state index contributed by atoms with van der Waals surface area (Å²) in [6, 6.07) is 62.6. The molecular weight excluding hydrogens is 1800 g/mol. The molecule has 10 aromatic rings. The lowest BCUT2D eigenvalue weighted by Gasteiger charge is -2.21. The SMILES string of the molecule is C#Cc1ccc(C(N)C(=O)C(C)(C)C)cc1.C#Cc1ccc(C(O)C(=O)C(C)(C)C)cc1.C#Cc1ccc(COCC(=O)C(C)(C)C)cc1.CC(C)(C)C(=O)COCc1ccccc1.CC(C)(C)C(=O)COCc1ccccn1.CC(C)(C)C(=O)Cc1ccc2ccccc2c1.Cc1cc(COCC(=O)C(C)(C)C)ccn1.Cc1cc(COCC(=O)C(C)(C)C)ccn1.Cc1ccc(COCC(=O)C(C)(C)C)cn1. The smallest absolute Gasteiger partial charge is 0.171 e. The number of nitrogens with zero attached hydrogens (tertiary/aromatic N) is 4. The highest BCUT2D eigenvalue weighted by Gasteiger charge is 2.32. The van der Waals surface area contributed by atoms with E-state index in [2.05, 4.69) is 62.0 Å². The van der Waals surface area contributed by atoms with E-state index in [-0.39, 0.29) is 130 Å². The monoisotopic (exact) mass is 1960 g/mol. The number of aryl methyl sites for hydroxylation is 3. The summed E-state index contributed by atoms with van der Waals surface area (Å²) in [5, 5.41) is 12.3. The largest absolute Gasteiger partial charge is 0.381 e. The van der Waals surface area contributed by atoms with Crippen LogP contribution in [0.1, 0.15) is 283 Å². The molecule has 2 unspecified atom stereocenters. The van der Waals surface area contributed by atoms with Crippen molar-refractivity contribution >= 4 is 62.8 Å². The number of aliphatic hydroxyl groups excluding tert-OH is 1. The van der Waals surface area contributed by atoms with E-state index < -0.39 is 23.0 Å². The van der Waals surface area contributed by atoms with Crippen molar-refractivity contribution in [1.82, 2.24) is 19.9 Å². The molecule has 21 nitrogen and oxygen atoms in total. The van der Waals surface area contributed by atoms with E-state index in [4.69, 9.17) is 53.4 Å². The van der Waals surface area contributed by atoms with Crippen molar-refractivity contribution in [3.8, 4) is 37.0 Å². The van der Waals surface area contributed by atoms with Crippen LogP contribution in [0.4, 0.5) is 0 Å². The van der Waals surface area contributed by atoms with Gasteiger partial charge in [0.1, 0.15) is 51.5 Å². The number of carbonyl (C=O) groups excluding carboxylic acids is 9. The number of hydrogen-bond donors (Lipinski definition) is 2. The van der Waals surface area contributed by atoms with Crippen LogP contribution in [0, 0.1) is 107 Å². The summed E-state index contributed by atoms with van der Waals surface area (Å²) in [5.41, 5.74) is 16.5. The van der Waals surface area contributed by atoms with Gasteiger partial charge in [-0.15, -0.1) is 19.3 Å². The molecule has 3 N–H and O–H groups in total. The molecule has 0 aliphatic rings. The van der Waals surface area contributed by atoms with Crippen molar-refractivity contribution in [2.24, 2.45) is 54.5 Å². The zero-order valence-corrected chi connectivity index (χ0v) is 91.4. The van der Waals surface area contributed by atoms with Crippen LogP contribution in [-0.2, 0) is 118 Å². The third-order valence-corrected chi connectivity index (χ3v) is 21.4. The lowest BCUT2D eigenvalue weighted by molar-refractivity contribution is -0.135. The van der Waals surface area contributed by atoms with Gasteiger partial charge in [-0.1, -0.05) is 326 Å². The van der Waals surface area contributed by atoms with Gasteiger partial charge < -0.3 is 39.3 Å². The molecule has 0 amide bonds. The fourth-order valence-electron chi connectivity index (χ4n) is 11.1. The highest BCUT2D eigenvalue weighted by atomic mass is 16.5. The number of benzene rings is 6. The van der Waals surface area contributed by atoms with Crippen molar-refractivity contribution in [2.75, 3.05) is 39.6 Å². The van der Waals surface area contributed by atoms with Crippen LogP contribution in [0.15, 0.2) is 225 Å². The summed E-state index contributed by atoms with van der Waals surface area (Å²) in [7, 11) is 0. The number of Topliss-reactive ketones (excluding diaryl/α,β-unsaturated/α-hetero) is 9. The predicted molar refractivity (Wildman–Crippen MR) is 578 cm³/mol. The first-order valence-electron chi connectivity index (χ1n) is 48.4. The van der Waals surface area contributed by atoms with Gasteiger partial charge in [0.25, 0.3) is 0 Å². The molecule has 0 aliphatic carbocycles. The van der Waals surface area contributed by atoms with Crippen LogP contribution in [0.5, 0.6) is 0 Å². The lowest BCUT2D eigenvalue weighted by atomic mass is 9.84. The molecule has 0 spiro atoms. The Labute approximate surface area is 860 Å². The molecule has 2 atom stereocenters. The second-order valence-corrected chi connectivity index (χ2v) is 44.2. The van der Waals surface area contributed by atoms with E-state index in [0.29, 0.717) is 51.6 Å². The molecule has 4 heterocycles. The number of pyridine rings is 4. The number of terminal acetylenes is 3. The van der Waals surface area contributed by atoms with Gasteiger partial charge in [0.05, 0.1) is 51.4 Å². The molecule has 4 aromatic heterocycles. The third kappa shape index (κ3) is 53.8. The molecular formula is C123H161N5O16. The maximum atomic E-state index is 12.0. The van der Waals surface area contributed by atoms with Crippen LogP contribution < -0.4 is 5.73 Å². The van der Waals surface area contributed by atoms with Crippen molar-refractivity contribution < 1.29 is 76.7 Å². The molecule has 0 fully saturated rings. The van der Waals surface area contributed by atoms with E-state index in [1.165, 1.54) is 10.8 Å². The maximum absolute atomic E-state index is 12.0. The third-order valence-electron chi connectivity index (χ3n) is 21.4. The normalized spacial score (nSPS) is 11.8.